The van der Waals surface area contributed by atoms with E-state index in [4.69, 9.17) is 36.4 Å². The molecule has 0 heterocycles. The van der Waals surface area contributed by atoms with Crippen LogP contribution in [0.15, 0.2) is 121 Å². The van der Waals surface area contributed by atoms with Crippen molar-refractivity contribution in [1.29, 1.82) is 21.0 Å². The van der Waals surface area contributed by atoms with Crippen LogP contribution >= 0.6 is 0 Å². The van der Waals surface area contributed by atoms with Crippen molar-refractivity contribution >= 4 is 17.9 Å². The van der Waals surface area contributed by atoms with Crippen LogP contribution < -0.4 is 0 Å². The van der Waals surface area contributed by atoms with Crippen LogP contribution in [0.4, 0.5) is 0 Å². The number of aliphatic hydroxyl groups excluding tert-OH is 2. The number of rotatable bonds is 9. The molecule has 0 aromatic heterocycles. The van der Waals surface area contributed by atoms with Gasteiger partial charge in [0.1, 0.15) is 23.5 Å². The van der Waals surface area contributed by atoms with Crippen LogP contribution in [0.2, 0.25) is 0 Å². The van der Waals surface area contributed by atoms with Crippen LogP contribution in [0.25, 0.3) is 0 Å². The molecule has 0 aliphatic heterocycles. The van der Waals surface area contributed by atoms with E-state index < -0.39 is 12.2 Å². The average molecular weight is 767 g/mol. The highest BCUT2D eigenvalue weighted by Gasteiger charge is 2.07. The number of hydrogen-bond donors (Lipinski definition) is 5. The first kappa shape index (κ1) is 47.4. The van der Waals surface area contributed by atoms with E-state index in [9.17, 15) is 24.6 Å². The van der Waals surface area contributed by atoms with Crippen LogP contribution in [0.1, 0.15) is 91.2 Å². The van der Waals surface area contributed by atoms with Crippen LogP contribution in [-0.2, 0) is 0 Å². The Morgan fingerprint density at radius 3 is 1.35 bits per heavy atom. The highest BCUT2D eigenvalue weighted by atomic mass is 16.3. The first-order chi connectivity index (χ1) is 27.3. The first-order valence-electron chi connectivity index (χ1n) is 17.1. The number of carbonyl (C=O) groups is 3. The highest BCUT2D eigenvalue weighted by molar-refractivity contribution is 5.98. The molecule has 0 amide bonds. The third-order valence-corrected chi connectivity index (χ3v) is 7.24. The minimum absolute atomic E-state index is 0.0382. The Hall–Kier alpha value is -7.61. The fraction of sp³-hybridized carbons (Fsp3) is 0.178. The monoisotopic (exact) mass is 766 g/mol. The lowest BCUT2D eigenvalue weighted by atomic mass is 10.1. The molecular formula is C45H42N4O8. The van der Waals surface area contributed by atoms with Gasteiger partial charge in [0.25, 0.3) is 0 Å². The molecule has 0 saturated heterocycles. The number of phenols is 3. The summed E-state index contributed by atoms with van der Waals surface area (Å²) in [5.74, 6) is -0.113. The van der Waals surface area contributed by atoms with Gasteiger partial charge in [0.15, 0.2) is 11.6 Å². The van der Waals surface area contributed by atoms with Gasteiger partial charge in [-0.15, -0.1) is 0 Å². The SMILES string of the molecule is Cc1cccc(C(=O)CC#N)c1.Cc1cccc(C(O)CC#N)c1.N#CCC(=O)c1cccc(O)c1.N#CCC(O)c1cccc(O)c1.O=Cc1cccc(O)c1. The van der Waals surface area contributed by atoms with Gasteiger partial charge >= 0.3 is 0 Å². The number of benzene rings is 5. The number of hydrogen-bond acceptors (Lipinski definition) is 12. The van der Waals surface area contributed by atoms with Gasteiger partial charge in [0.05, 0.1) is 62.2 Å². The summed E-state index contributed by atoms with van der Waals surface area (Å²) in [5.41, 5.74) is 5.01. The van der Waals surface area contributed by atoms with Gasteiger partial charge in [-0.3, -0.25) is 14.4 Å². The van der Waals surface area contributed by atoms with E-state index in [1.54, 1.807) is 54.6 Å². The highest BCUT2D eigenvalue weighted by Crippen LogP contribution is 2.20. The maximum Gasteiger partial charge on any atom is 0.177 e. The minimum atomic E-state index is -0.804. The molecule has 0 saturated carbocycles. The summed E-state index contributed by atoms with van der Waals surface area (Å²) in [6.45, 7) is 3.88. The first-order valence-corrected chi connectivity index (χ1v) is 17.1. The smallest absolute Gasteiger partial charge is 0.177 e. The number of nitrogens with zero attached hydrogens (tertiary/aromatic N) is 4. The topological polar surface area (TPSA) is 248 Å². The number of aryl methyl sites for hydroxylation is 2. The van der Waals surface area contributed by atoms with E-state index >= 15 is 0 Å². The quantitative estimate of drug-likeness (QED) is 0.0706. The van der Waals surface area contributed by atoms with Crippen molar-refractivity contribution in [2.75, 3.05) is 0 Å². The summed E-state index contributed by atoms with van der Waals surface area (Å²) in [7, 11) is 0. The molecule has 0 aliphatic carbocycles. The van der Waals surface area contributed by atoms with E-state index in [0.29, 0.717) is 28.5 Å². The lowest BCUT2D eigenvalue weighted by molar-refractivity contribution is 0.0989. The van der Waals surface area contributed by atoms with Crippen LogP contribution in [0.3, 0.4) is 0 Å². The second kappa shape index (κ2) is 27.0. The second-order valence-electron chi connectivity index (χ2n) is 11.9. The zero-order chi connectivity index (χ0) is 42.6. The van der Waals surface area contributed by atoms with E-state index in [2.05, 4.69) is 0 Å². The minimum Gasteiger partial charge on any atom is -0.508 e. The van der Waals surface area contributed by atoms with Gasteiger partial charge in [-0.2, -0.15) is 21.0 Å². The number of Topliss-reactive ketones (excluding diaryl/α,β-unsaturated/α-hetero) is 2. The largest absolute Gasteiger partial charge is 0.508 e. The predicted molar refractivity (Wildman–Crippen MR) is 212 cm³/mol. The number of nitriles is 4. The third kappa shape index (κ3) is 19.9. The molecule has 0 aliphatic rings. The summed E-state index contributed by atoms with van der Waals surface area (Å²) in [6.07, 6.45) is -0.739. The molecule has 0 bridgehead atoms. The van der Waals surface area contributed by atoms with Crippen molar-refractivity contribution in [1.82, 2.24) is 0 Å². The molecule has 2 atom stereocenters. The van der Waals surface area contributed by atoms with Gasteiger partial charge in [0, 0.05) is 16.7 Å². The Bertz CT molecular complexity index is 2100. The van der Waals surface area contributed by atoms with E-state index in [0.717, 1.165) is 16.7 Å². The molecule has 5 rings (SSSR count). The molecular weight excluding hydrogens is 725 g/mol. The van der Waals surface area contributed by atoms with Crippen LogP contribution in [-0.4, -0.2) is 43.4 Å². The molecule has 57 heavy (non-hydrogen) atoms. The Balaban J connectivity index is 0.000000357. The Morgan fingerprint density at radius 2 is 0.947 bits per heavy atom. The molecule has 5 N–H and O–H groups in total. The second-order valence-corrected chi connectivity index (χ2v) is 11.9. The van der Waals surface area contributed by atoms with Crippen LogP contribution in [0, 0.1) is 59.2 Å². The summed E-state index contributed by atoms with van der Waals surface area (Å²) in [6, 6.07) is 40.6. The maximum atomic E-state index is 11.2. The lowest BCUT2D eigenvalue weighted by Crippen LogP contribution is -1.96. The molecule has 0 spiro atoms. The van der Waals surface area contributed by atoms with Crippen molar-refractivity contribution in [2.45, 2.75) is 51.7 Å². The summed E-state index contributed by atoms with van der Waals surface area (Å²) >= 11 is 0. The van der Waals surface area contributed by atoms with E-state index in [1.807, 2.05) is 68.5 Å². The van der Waals surface area contributed by atoms with Crippen molar-refractivity contribution in [3.63, 3.8) is 0 Å². The standard InChI is InChI=1S/C10H11NO.C10H9NO.C9H9NO2.C9H7NO2.C7H6O2/c2*1-8-3-2-4-9(7-8)10(12)5-6-11;2*10-5-4-9(12)7-2-1-3-8(11)6-7;8-5-6-2-1-3-7(9)4-6/h2-4,7,10,12H,5H2,1H3;2-4,7H,5H2,1H3;1-3,6,9,11-12H,4H2;1-3,6,11H,4H2;1-5,9H. The molecule has 0 radical (unpaired) electrons. The predicted octanol–water partition coefficient (Wildman–Crippen LogP) is 8.07. The summed E-state index contributed by atoms with van der Waals surface area (Å²) in [5, 5.41) is 78.7. The fourth-order valence-corrected chi connectivity index (χ4v) is 4.46. The van der Waals surface area contributed by atoms with Gasteiger partial charge in [-0.1, -0.05) is 90.0 Å². The normalized spacial score (nSPS) is 10.2. The van der Waals surface area contributed by atoms with Crippen molar-refractivity contribution in [3.05, 3.63) is 160 Å². The maximum absolute atomic E-state index is 11.2. The molecule has 2 unspecified atom stereocenters. The Labute approximate surface area is 331 Å². The van der Waals surface area contributed by atoms with Gasteiger partial charge < -0.3 is 25.5 Å². The molecule has 12 nitrogen and oxygen atoms in total. The zero-order valence-electron chi connectivity index (χ0n) is 31.4. The molecule has 0 fully saturated rings. The molecule has 5 aromatic carbocycles. The van der Waals surface area contributed by atoms with Gasteiger partial charge in [-0.25, -0.2) is 0 Å². The molecule has 5 aromatic rings. The molecule has 12 heteroatoms. The Morgan fingerprint density at radius 1 is 0.544 bits per heavy atom. The average Bonchev–Trinajstić information content (AvgIpc) is 3.19. The lowest BCUT2D eigenvalue weighted by Gasteiger charge is -2.06. The van der Waals surface area contributed by atoms with Crippen molar-refractivity contribution in [2.24, 2.45) is 0 Å². The number of ketones is 2. The van der Waals surface area contributed by atoms with E-state index in [-0.39, 0.29) is 54.5 Å². The number of aromatic hydroxyl groups is 3. The summed E-state index contributed by atoms with van der Waals surface area (Å²) < 4.78 is 0. The number of aldehydes is 1. The number of carbonyl (C=O) groups excluding carboxylic acids is 3. The number of phenolic OH excluding ortho intramolecular Hbond substituents is 3. The Kier molecular flexibility index (Phi) is 22.5. The van der Waals surface area contributed by atoms with Crippen LogP contribution in [0.5, 0.6) is 17.2 Å². The van der Waals surface area contributed by atoms with E-state index in [1.165, 1.54) is 36.4 Å². The third-order valence-electron chi connectivity index (χ3n) is 7.24. The fourth-order valence-electron chi connectivity index (χ4n) is 4.46. The summed E-state index contributed by atoms with van der Waals surface area (Å²) in [4.78, 5) is 32.3. The van der Waals surface area contributed by atoms with Gasteiger partial charge in [-0.05, 0) is 67.4 Å². The van der Waals surface area contributed by atoms with Gasteiger partial charge in [0.2, 0.25) is 0 Å². The molecule has 290 valence electrons. The van der Waals surface area contributed by atoms with Crippen molar-refractivity contribution in [3.8, 4) is 41.5 Å². The number of aliphatic hydroxyl groups is 2. The zero-order valence-corrected chi connectivity index (χ0v) is 31.4. The van der Waals surface area contributed by atoms with Crippen molar-refractivity contribution < 1.29 is 39.9 Å².